The Balaban J connectivity index is 1.77. The van der Waals surface area contributed by atoms with Crippen molar-refractivity contribution >= 4 is 11.8 Å². The highest BCUT2D eigenvalue weighted by Gasteiger charge is 2.09. The monoisotopic (exact) mass is 342 g/mol. The normalized spacial score (nSPS) is 10.0. The van der Waals surface area contributed by atoms with Crippen molar-refractivity contribution in [2.24, 2.45) is 0 Å². The Morgan fingerprint density at radius 1 is 0.880 bits per heavy atom. The Labute approximate surface area is 147 Å². The molecular formula is C19H22N2O4. The van der Waals surface area contributed by atoms with Crippen molar-refractivity contribution in [3.63, 3.8) is 0 Å². The standard InChI is InChI=1S/C19H22N2O4/c1-3-24-16-10-6-7-11-17(16)25-13-19(23)21-20-18(22)12-15-9-5-4-8-14(15)2/h4-11H,3,12-13H2,1-2H3,(H,20,22)(H,21,23). The molecule has 25 heavy (non-hydrogen) atoms. The minimum Gasteiger partial charge on any atom is -0.490 e. The SMILES string of the molecule is CCOc1ccccc1OCC(=O)NNC(=O)Cc1ccccc1C. The van der Waals surface area contributed by atoms with E-state index in [1.54, 1.807) is 18.2 Å². The highest BCUT2D eigenvalue weighted by atomic mass is 16.5. The third kappa shape index (κ3) is 5.84. The van der Waals surface area contributed by atoms with E-state index in [9.17, 15) is 9.59 Å². The van der Waals surface area contributed by atoms with Crippen LogP contribution in [0.2, 0.25) is 0 Å². The number of para-hydroxylation sites is 2. The molecule has 0 saturated heterocycles. The van der Waals surface area contributed by atoms with Crippen LogP contribution in [-0.2, 0) is 16.0 Å². The average Bonchev–Trinajstić information content (AvgIpc) is 2.61. The maximum atomic E-state index is 11.9. The number of ether oxygens (including phenoxy) is 2. The molecule has 2 aromatic rings. The summed E-state index contributed by atoms with van der Waals surface area (Å²) in [7, 11) is 0. The van der Waals surface area contributed by atoms with Crippen LogP contribution >= 0.6 is 0 Å². The first-order valence-corrected chi connectivity index (χ1v) is 8.07. The molecule has 2 aromatic carbocycles. The van der Waals surface area contributed by atoms with Crippen molar-refractivity contribution in [1.29, 1.82) is 0 Å². The van der Waals surface area contributed by atoms with E-state index in [4.69, 9.17) is 9.47 Å². The van der Waals surface area contributed by atoms with E-state index in [0.717, 1.165) is 11.1 Å². The van der Waals surface area contributed by atoms with Gasteiger partial charge in [0.15, 0.2) is 18.1 Å². The molecule has 0 radical (unpaired) electrons. The maximum Gasteiger partial charge on any atom is 0.276 e. The van der Waals surface area contributed by atoms with Crippen LogP contribution in [0.5, 0.6) is 11.5 Å². The molecule has 0 saturated carbocycles. The Morgan fingerprint density at radius 2 is 1.48 bits per heavy atom. The highest BCUT2D eigenvalue weighted by molar-refractivity contribution is 5.84. The summed E-state index contributed by atoms with van der Waals surface area (Å²) in [5.74, 6) is 0.300. The minimum absolute atomic E-state index is 0.195. The summed E-state index contributed by atoms with van der Waals surface area (Å²) in [5.41, 5.74) is 6.66. The van der Waals surface area contributed by atoms with Crippen LogP contribution in [0, 0.1) is 6.92 Å². The Morgan fingerprint density at radius 3 is 2.16 bits per heavy atom. The summed E-state index contributed by atoms with van der Waals surface area (Å²) < 4.78 is 10.9. The molecule has 0 aliphatic rings. The zero-order valence-corrected chi connectivity index (χ0v) is 14.4. The molecule has 0 aliphatic carbocycles. The number of carbonyl (C=O) groups excluding carboxylic acids is 2. The predicted molar refractivity (Wildman–Crippen MR) is 94.3 cm³/mol. The van der Waals surface area contributed by atoms with E-state index in [2.05, 4.69) is 10.9 Å². The van der Waals surface area contributed by atoms with Gasteiger partial charge in [-0.1, -0.05) is 36.4 Å². The molecule has 0 aliphatic heterocycles. The van der Waals surface area contributed by atoms with Crippen molar-refractivity contribution in [3.05, 3.63) is 59.7 Å². The summed E-state index contributed by atoms with van der Waals surface area (Å²) >= 11 is 0. The zero-order valence-electron chi connectivity index (χ0n) is 14.4. The van der Waals surface area contributed by atoms with E-state index in [0.29, 0.717) is 18.1 Å². The predicted octanol–water partition coefficient (Wildman–Crippen LogP) is 2.16. The second-order valence-corrected chi connectivity index (χ2v) is 5.37. The largest absolute Gasteiger partial charge is 0.490 e. The molecule has 0 aromatic heterocycles. The Hall–Kier alpha value is -3.02. The van der Waals surface area contributed by atoms with Crippen LogP contribution in [0.4, 0.5) is 0 Å². The molecular weight excluding hydrogens is 320 g/mol. The summed E-state index contributed by atoms with van der Waals surface area (Å²) in [6.07, 6.45) is 0.195. The number of hydrazine groups is 1. The van der Waals surface area contributed by atoms with Crippen LogP contribution in [0.25, 0.3) is 0 Å². The molecule has 2 rings (SSSR count). The first kappa shape index (κ1) is 18.3. The fraction of sp³-hybridized carbons (Fsp3) is 0.263. The van der Waals surface area contributed by atoms with Gasteiger partial charge in [0.2, 0.25) is 5.91 Å². The Kier molecular flexibility index (Phi) is 6.83. The van der Waals surface area contributed by atoms with E-state index in [1.165, 1.54) is 0 Å². The number of carbonyl (C=O) groups is 2. The third-order valence-corrected chi connectivity index (χ3v) is 3.46. The smallest absolute Gasteiger partial charge is 0.276 e. The molecule has 6 heteroatoms. The van der Waals surface area contributed by atoms with Crippen molar-refractivity contribution in [2.45, 2.75) is 20.3 Å². The molecule has 0 bridgehead atoms. The second-order valence-electron chi connectivity index (χ2n) is 5.37. The van der Waals surface area contributed by atoms with Gasteiger partial charge in [0.1, 0.15) is 0 Å². The molecule has 0 unspecified atom stereocenters. The van der Waals surface area contributed by atoms with Gasteiger partial charge >= 0.3 is 0 Å². The van der Waals surface area contributed by atoms with Gasteiger partial charge in [-0.3, -0.25) is 20.4 Å². The van der Waals surface area contributed by atoms with Gasteiger partial charge in [0, 0.05) is 0 Å². The molecule has 6 nitrogen and oxygen atoms in total. The Bertz CT molecular complexity index is 731. The van der Waals surface area contributed by atoms with Gasteiger partial charge in [-0.15, -0.1) is 0 Å². The van der Waals surface area contributed by atoms with E-state index in [1.807, 2.05) is 44.2 Å². The van der Waals surface area contributed by atoms with Crippen LogP contribution in [0.15, 0.2) is 48.5 Å². The van der Waals surface area contributed by atoms with Crippen LogP contribution in [-0.4, -0.2) is 25.0 Å². The van der Waals surface area contributed by atoms with E-state index in [-0.39, 0.29) is 18.9 Å². The third-order valence-electron chi connectivity index (χ3n) is 3.46. The highest BCUT2D eigenvalue weighted by Crippen LogP contribution is 2.26. The molecule has 132 valence electrons. The number of amides is 2. The molecule has 0 heterocycles. The number of aryl methyl sites for hydroxylation is 1. The summed E-state index contributed by atoms with van der Waals surface area (Å²) in [6.45, 7) is 4.08. The summed E-state index contributed by atoms with van der Waals surface area (Å²) in [6, 6.07) is 14.7. The molecule has 2 amide bonds. The lowest BCUT2D eigenvalue weighted by Gasteiger charge is -2.12. The lowest BCUT2D eigenvalue weighted by Crippen LogP contribution is -2.44. The minimum atomic E-state index is -0.454. The number of hydrogen-bond donors (Lipinski definition) is 2. The van der Waals surface area contributed by atoms with Gasteiger partial charge in [-0.05, 0) is 37.1 Å². The number of nitrogens with one attached hydrogen (secondary N) is 2. The average molecular weight is 342 g/mol. The first-order chi connectivity index (χ1) is 12.1. The summed E-state index contributed by atoms with van der Waals surface area (Å²) in [4.78, 5) is 23.7. The number of rotatable bonds is 7. The van der Waals surface area contributed by atoms with Gasteiger partial charge in [0.25, 0.3) is 5.91 Å². The van der Waals surface area contributed by atoms with E-state index < -0.39 is 5.91 Å². The zero-order chi connectivity index (χ0) is 18.1. The summed E-state index contributed by atoms with van der Waals surface area (Å²) in [5, 5.41) is 0. The van der Waals surface area contributed by atoms with Crippen molar-refractivity contribution in [2.75, 3.05) is 13.2 Å². The topological polar surface area (TPSA) is 76.7 Å². The maximum absolute atomic E-state index is 11.9. The molecule has 0 atom stereocenters. The lowest BCUT2D eigenvalue weighted by atomic mass is 10.1. The van der Waals surface area contributed by atoms with Crippen LogP contribution in [0.3, 0.4) is 0 Å². The number of hydrogen-bond acceptors (Lipinski definition) is 4. The number of benzene rings is 2. The quantitative estimate of drug-likeness (QED) is 0.756. The van der Waals surface area contributed by atoms with Crippen LogP contribution in [0.1, 0.15) is 18.1 Å². The van der Waals surface area contributed by atoms with E-state index >= 15 is 0 Å². The fourth-order valence-electron chi connectivity index (χ4n) is 2.19. The molecule has 2 N–H and O–H groups in total. The van der Waals surface area contributed by atoms with Crippen LogP contribution < -0.4 is 20.3 Å². The first-order valence-electron chi connectivity index (χ1n) is 8.07. The van der Waals surface area contributed by atoms with Gasteiger partial charge in [-0.2, -0.15) is 0 Å². The van der Waals surface area contributed by atoms with Gasteiger partial charge < -0.3 is 9.47 Å². The van der Waals surface area contributed by atoms with Crippen molar-refractivity contribution in [1.82, 2.24) is 10.9 Å². The van der Waals surface area contributed by atoms with Gasteiger partial charge in [0.05, 0.1) is 13.0 Å². The fourth-order valence-corrected chi connectivity index (χ4v) is 2.19. The van der Waals surface area contributed by atoms with Crippen molar-refractivity contribution in [3.8, 4) is 11.5 Å². The lowest BCUT2D eigenvalue weighted by molar-refractivity contribution is -0.129. The second kappa shape index (κ2) is 9.32. The van der Waals surface area contributed by atoms with Crippen molar-refractivity contribution < 1.29 is 19.1 Å². The van der Waals surface area contributed by atoms with Gasteiger partial charge in [-0.25, -0.2) is 0 Å². The molecule has 0 spiro atoms. The molecule has 0 fully saturated rings.